The summed E-state index contributed by atoms with van der Waals surface area (Å²) in [6.45, 7) is 13.1. The number of para-hydroxylation sites is 2. The molecule has 4 heteroatoms. The van der Waals surface area contributed by atoms with Crippen molar-refractivity contribution in [1.29, 1.82) is 0 Å². The average molecular weight is 392 g/mol. The Morgan fingerprint density at radius 1 is 1.03 bits per heavy atom. The van der Waals surface area contributed by atoms with Crippen LogP contribution in [0.5, 0.6) is 0 Å². The Morgan fingerprint density at radius 2 is 1.69 bits per heavy atom. The van der Waals surface area contributed by atoms with E-state index in [2.05, 4.69) is 75.3 Å². The van der Waals surface area contributed by atoms with E-state index in [1.165, 1.54) is 11.1 Å². The molecule has 29 heavy (non-hydrogen) atoms. The van der Waals surface area contributed by atoms with Gasteiger partial charge in [-0.25, -0.2) is 4.98 Å². The zero-order chi connectivity index (χ0) is 21.1. The van der Waals surface area contributed by atoms with E-state index in [1.54, 1.807) is 0 Å². The number of fused-ring (bicyclic) bond motifs is 1. The monoisotopic (exact) mass is 391 g/mol. The molecule has 2 unspecified atom stereocenters. The fourth-order valence-electron chi connectivity index (χ4n) is 4.04. The number of carbonyl (C=O) groups excluding carboxylic acids is 1. The average Bonchev–Trinajstić information content (AvgIpc) is 3.06. The largest absolute Gasteiger partial charge is 0.336 e. The number of nitrogens with zero attached hydrogens (tertiary/aromatic N) is 3. The maximum atomic E-state index is 13.5. The van der Waals surface area contributed by atoms with Crippen LogP contribution in [-0.2, 0) is 11.3 Å². The van der Waals surface area contributed by atoms with Crippen molar-refractivity contribution in [3.63, 3.8) is 0 Å². The molecule has 154 valence electrons. The van der Waals surface area contributed by atoms with Gasteiger partial charge < -0.3 is 9.47 Å². The summed E-state index contributed by atoms with van der Waals surface area (Å²) >= 11 is 0. The van der Waals surface area contributed by atoms with E-state index in [0.29, 0.717) is 6.54 Å². The number of amides is 1. The summed E-state index contributed by atoms with van der Waals surface area (Å²) in [5.74, 6) is 1.02. The molecule has 0 spiro atoms. The van der Waals surface area contributed by atoms with Gasteiger partial charge in [0.2, 0.25) is 5.91 Å². The molecule has 0 N–H and O–H groups in total. The van der Waals surface area contributed by atoms with Gasteiger partial charge in [-0.3, -0.25) is 4.79 Å². The second kappa shape index (κ2) is 8.81. The Labute approximate surface area is 174 Å². The third-order valence-corrected chi connectivity index (χ3v) is 5.99. The van der Waals surface area contributed by atoms with Crippen molar-refractivity contribution in [2.24, 2.45) is 0 Å². The lowest BCUT2D eigenvalue weighted by atomic mass is 10.1. The molecular formula is C25H33N3O. The van der Waals surface area contributed by atoms with Crippen LogP contribution in [0.15, 0.2) is 42.5 Å². The van der Waals surface area contributed by atoms with Gasteiger partial charge in [0.15, 0.2) is 0 Å². The fourth-order valence-corrected chi connectivity index (χ4v) is 4.04. The molecule has 0 radical (unpaired) electrons. The van der Waals surface area contributed by atoms with Gasteiger partial charge in [0, 0.05) is 17.6 Å². The first-order valence-electron chi connectivity index (χ1n) is 10.7. The minimum Gasteiger partial charge on any atom is -0.336 e. The Kier molecular flexibility index (Phi) is 6.41. The predicted octanol–water partition coefficient (Wildman–Crippen LogP) is 5.75. The normalized spacial score (nSPS) is 13.4. The molecule has 4 nitrogen and oxygen atoms in total. The van der Waals surface area contributed by atoms with Crippen molar-refractivity contribution >= 4 is 16.9 Å². The van der Waals surface area contributed by atoms with Crippen LogP contribution in [0.3, 0.4) is 0 Å². The van der Waals surface area contributed by atoms with Crippen molar-refractivity contribution in [3.8, 4) is 11.4 Å². The number of carbonyl (C=O) groups is 1. The molecule has 0 bridgehead atoms. The molecule has 1 amide bonds. The second-order valence-corrected chi connectivity index (χ2v) is 8.14. The molecule has 0 fully saturated rings. The molecule has 1 heterocycles. The Hall–Kier alpha value is -2.62. The fraction of sp³-hybridized carbons (Fsp3) is 0.440. The zero-order valence-corrected chi connectivity index (χ0v) is 18.6. The maximum absolute atomic E-state index is 13.5. The summed E-state index contributed by atoms with van der Waals surface area (Å²) in [7, 11) is 0. The summed E-state index contributed by atoms with van der Waals surface area (Å²) in [5.41, 5.74) is 5.41. The van der Waals surface area contributed by atoms with Crippen molar-refractivity contribution in [2.75, 3.05) is 0 Å². The van der Waals surface area contributed by atoms with Crippen LogP contribution >= 0.6 is 0 Å². The Balaban J connectivity index is 2.09. The lowest BCUT2D eigenvalue weighted by Crippen LogP contribution is -2.45. The van der Waals surface area contributed by atoms with Crippen molar-refractivity contribution in [2.45, 2.75) is 73.0 Å². The van der Waals surface area contributed by atoms with Gasteiger partial charge in [0.1, 0.15) is 12.4 Å². The van der Waals surface area contributed by atoms with E-state index in [4.69, 9.17) is 4.98 Å². The van der Waals surface area contributed by atoms with Crippen molar-refractivity contribution in [1.82, 2.24) is 14.5 Å². The number of hydrogen-bond acceptors (Lipinski definition) is 2. The lowest BCUT2D eigenvalue weighted by molar-refractivity contribution is -0.136. The van der Waals surface area contributed by atoms with Crippen molar-refractivity contribution in [3.05, 3.63) is 53.6 Å². The maximum Gasteiger partial charge on any atom is 0.243 e. The summed E-state index contributed by atoms with van der Waals surface area (Å²) < 4.78 is 2.09. The Bertz CT molecular complexity index is 994. The van der Waals surface area contributed by atoms with Crippen LogP contribution in [0, 0.1) is 13.8 Å². The highest BCUT2D eigenvalue weighted by Gasteiger charge is 2.25. The number of rotatable bonds is 7. The molecule has 0 aliphatic heterocycles. The molecule has 3 aromatic rings. The number of imidazole rings is 1. The van der Waals surface area contributed by atoms with Crippen LogP contribution in [0.25, 0.3) is 22.4 Å². The summed E-state index contributed by atoms with van der Waals surface area (Å²) in [4.78, 5) is 20.4. The highest BCUT2D eigenvalue weighted by molar-refractivity contribution is 5.85. The highest BCUT2D eigenvalue weighted by Crippen LogP contribution is 2.28. The molecule has 0 aliphatic carbocycles. The first-order chi connectivity index (χ1) is 13.9. The molecule has 1 aromatic heterocycles. The minimum atomic E-state index is 0.155. The third-order valence-electron chi connectivity index (χ3n) is 5.99. The number of hydrogen-bond donors (Lipinski definition) is 0. The van der Waals surface area contributed by atoms with Gasteiger partial charge in [-0.05, 0) is 58.2 Å². The highest BCUT2D eigenvalue weighted by atomic mass is 16.2. The van der Waals surface area contributed by atoms with Crippen LogP contribution in [0.4, 0.5) is 0 Å². The van der Waals surface area contributed by atoms with E-state index in [0.717, 1.165) is 35.3 Å². The van der Waals surface area contributed by atoms with Gasteiger partial charge in [0.25, 0.3) is 0 Å². The molecule has 3 rings (SSSR count). The lowest BCUT2D eigenvalue weighted by Gasteiger charge is -2.34. The van der Waals surface area contributed by atoms with Gasteiger partial charge in [-0.15, -0.1) is 0 Å². The number of aryl methyl sites for hydroxylation is 2. The first-order valence-corrected chi connectivity index (χ1v) is 10.7. The summed E-state index contributed by atoms with van der Waals surface area (Å²) in [5, 5.41) is 0. The van der Waals surface area contributed by atoms with E-state index in [9.17, 15) is 4.79 Å². The molecule has 0 saturated heterocycles. The first kappa shape index (κ1) is 21.1. The third kappa shape index (κ3) is 4.21. The second-order valence-electron chi connectivity index (χ2n) is 8.14. The number of aromatic nitrogens is 2. The molecule has 0 saturated carbocycles. The van der Waals surface area contributed by atoms with Gasteiger partial charge >= 0.3 is 0 Å². The summed E-state index contributed by atoms with van der Waals surface area (Å²) in [6, 6.07) is 14.9. The quantitative estimate of drug-likeness (QED) is 0.515. The molecule has 2 atom stereocenters. The minimum absolute atomic E-state index is 0.155. The Morgan fingerprint density at radius 3 is 2.31 bits per heavy atom. The van der Waals surface area contributed by atoms with Gasteiger partial charge in [0.05, 0.1) is 11.0 Å². The van der Waals surface area contributed by atoms with Crippen LogP contribution in [0.1, 0.15) is 51.7 Å². The standard InChI is InChI=1S/C25H33N3O/c1-7-19(5)28(20(6)8-2)24(29)16-27-23-12-10-9-11-22(23)26-25(27)21-14-13-17(3)15-18(21)4/h9-15,19-20H,7-8,16H2,1-6H3. The van der Waals surface area contributed by atoms with Crippen molar-refractivity contribution < 1.29 is 4.79 Å². The topological polar surface area (TPSA) is 38.1 Å². The smallest absolute Gasteiger partial charge is 0.243 e. The number of benzene rings is 2. The van der Waals surface area contributed by atoms with Crippen LogP contribution in [-0.4, -0.2) is 32.4 Å². The molecule has 2 aromatic carbocycles. The zero-order valence-electron chi connectivity index (χ0n) is 18.6. The van der Waals surface area contributed by atoms with Crippen LogP contribution < -0.4 is 0 Å². The SMILES string of the molecule is CCC(C)N(C(=O)Cn1c(-c2ccc(C)cc2C)nc2ccccc21)C(C)CC. The van der Waals surface area contributed by atoms with E-state index in [-0.39, 0.29) is 18.0 Å². The van der Waals surface area contributed by atoms with E-state index in [1.807, 2.05) is 18.2 Å². The molecule has 0 aliphatic rings. The van der Waals surface area contributed by atoms with Crippen LogP contribution in [0.2, 0.25) is 0 Å². The van der Waals surface area contributed by atoms with Gasteiger partial charge in [-0.1, -0.05) is 49.7 Å². The predicted molar refractivity (Wildman–Crippen MR) is 121 cm³/mol. The van der Waals surface area contributed by atoms with Gasteiger partial charge in [-0.2, -0.15) is 0 Å². The van der Waals surface area contributed by atoms with E-state index < -0.39 is 0 Å². The molecular weight excluding hydrogens is 358 g/mol. The summed E-state index contributed by atoms with van der Waals surface area (Å²) in [6.07, 6.45) is 1.90. The van der Waals surface area contributed by atoms with E-state index >= 15 is 0 Å².